The molecule has 0 aromatic carbocycles. The Hall–Kier alpha value is -0.850. The first-order chi connectivity index (χ1) is 9.72. The van der Waals surface area contributed by atoms with Gasteiger partial charge in [0.25, 0.3) is 0 Å². The highest BCUT2D eigenvalue weighted by Crippen LogP contribution is 2.25. The summed E-state index contributed by atoms with van der Waals surface area (Å²) in [5.74, 6) is 0.561. The van der Waals surface area contributed by atoms with Gasteiger partial charge in [0.15, 0.2) is 0 Å². The third kappa shape index (κ3) is 5.45. The third-order valence-corrected chi connectivity index (χ3v) is 5.08. The van der Waals surface area contributed by atoms with E-state index in [4.69, 9.17) is 9.52 Å². The molecule has 1 aromatic rings. The Bertz CT molecular complexity index is 546. The Morgan fingerprint density at radius 2 is 2.00 bits per heavy atom. The predicted molar refractivity (Wildman–Crippen MR) is 82.5 cm³/mol. The highest BCUT2D eigenvalue weighted by molar-refractivity contribution is 7.89. The van der Waals surface area contributed by atoms with Gasteiger partial charge in [0.1, 0.15) is 23.0 Å². The fourth-order valence-electron chi connectivity index (χ4n) is 2.18. The normalized spacial score (nSPS) is 12.8. The number of aryl methyl sites for hydroxylation is 1. The van der Waals surface area contributed by atoms with Crippen molar-refractivity contribution in [1.82, 2.24) is 4.72 Å². The van der Waals surface area contributed by atoms with Crippen molar-refractivity contribution in [1.29, 1.82) is 0 Å². The van der Waals surface area contributed by atoms with Crippen LogP contribution in [0.15, 0.2) is 15.4 Å². The predicted octanol–water partition coefficient (Wildman–Crippen LogP) is 2.97. The van der Waals surface area contributed by atoms with E-state index < -0.39 is 10.0 Å². The minimum Gasteiger partial charge on any atom is -0.462 e. The number of aliphatic hydroxyl groups excluding tert-OH is 1. The van der Waals surface area contributed by atoms with E-state index in [0.29, 0.717) is 12.3 Å². The van der Waals surface area contributed by atoms with Crippen LogP contribution in [0.1, 0.15) is 58.0 Å². The molecule has 2 N–H and O–H groups in total. The van der Waals surface area contributed by atoms with Crippen LogP contribution >= 0.6 is 0 Å². The summed E-state index contributed by atoms with van der Waals surface area (Å²) in [6.45, 7) is 7.94. The van der Waals surface area contributed by atoms with Crippen LogP contribution in [-0.4, -0.2) is 20.1 Å². The number of unbranched alkanes of at least 4 members (excludes halogenated alkanes) is 2. The second-order valence-electron chi connectivity index (χ2n) is 6.24. The van der Waals surface area contributed by atoms with E-state index in [2.05, 4.69) is 25.5 Å². The van der Waals surface area contributed by atoms with Gasteiger partial charge in [0.2, 0.25) is 10.0 Å². The van der Waals surface area contributed by atoms with Gasteiger partial charge in [-0.2, -0.15) is 0 Å². The Labute approximate surface area is 127 Å². The first-order valence-electron chi connectivity index (χ1n) is 7.41. The van der Waals surface area contributed by atoms with Crippen molar-refractivity contribution in [2.24, 2.45) is 5.41 Å². The summed E-state index contributed by atoms with van der Waals surface area (Å²) in [5, 5.41) is 9.01. The maximum atomic E-state index is 12.3. The molecular weight excluding hydrogens is 290 g/mol. The zero-order chi connectivity index (χ0) is 16.1. The van der Waals surface area contributed by atoms with Crippen molar-refractivity contribution >= 4 is 10.0 Å². The quantitative estimate of drug-likeness (QED) is 0.686. The van der Waals surface area contributed by atoms with E-state index in [1.165, 1.54) is 6.07 Å². The summed E-state index contributed by atoms with van der Waals surface area (Å²) in [4.78, 5) is 0.107. The van der Waals surface area contributed by atoms with Crippen molar-refractivity contribution in [2.75, 3.05) is 6.54 Å². The van der Waals surface area contributed by atoms with Crippen LogP contribution < -0.4 is 4.72 Å². The lowest BCUT2D eigenvalue weighted by Gasteiger charge is -2.24. The molecule has 0 aliphatic rings. The summed E-state index contributed by atoms with van der Waals surface area (Å²) in [7, 11) is -3.60. The summed E-state index contributed by atoms with van der Waals surface area (Å²) in [5.41, 5.74) is -0.0836. The Kier molecular flexibility index (Phi) is 6.43. The minimum absolute atomic E-state index is 0.0836. The molecule has 0 saturated carbocycles. The monoisotopic (exact) mass is 317 g/mol. The number of furan rings is 1. The molecule has 1 heterocycles. The Morgan fingerprint density at radius 1 is 1.33 bits per heavy atom. The standard InChI is InChI=1S/C15H27NO4S/c1-5-6-7-8-15(3,4)11-16-21(18,19)14-9-13(10-17)20-12(14)2/h9,16-17H,5-8,10-11H2,1-4H3. The summed E-state index contributed by atoms with van der Waals surface area (Å²) < 4.78 is 32.5. The van der Waals surface area contributed by atoms with Crippen LogP contribution in [0.4, 0.5) is 0 Å². The molecule has 21 heavy (non-hydrogen) atoms. The molecular formula is C15H27NO4S. The molecule has 5 nitrogen and oxygen atoms in total. The molecule has 0 atom stereocenters. The molecule has 122 valence electrons. The van der Waals surface area contributed by atoms with Crippen LogP contribution in [0.3, 0.4) is 0 Å². The highest BCUT2D eigenvalue weighted by Gasteiger charge is 2.25. The van der Waals surface area contributed by atoms with E-state index in [1.807, 2.05) is 0 Å². The van der Waals surface area contributed by atoms with Gasteiger partial charge in [0, 0.05) is 12.6 Å². The van der Waals surface area contributed by atoms with Crippen molar-refractivity contribution in [2.45, 2.75) is 64.9 Å². The highest BCUT2D eigenvalue weighted by atomic mass is 32.2. The summed E-state index contributed by atoms with van der Waals surface area (Å²) in [6.07, 6.45) is 4.40. The number of hydrogen-bond donors (Lipinski definition) is 2. The second kappa shape index (κ2) is 7.42. The molecule has 0 fully saturated rings. The fraction of sp³-hybridized carbons (Fsp3) is 0.733. The molecule has 1 rings (SSSR count). The first-order valence-corrected chi connectivity index (χ1v) is 8.90. The van der Waals surface area contributed by atoms with Crippen molar-refractivity contribution < 1.29 is 17.9 Å². The van der Waals surface area contributed by atoms with Crippen molar-refractivity contribution in [3.8, 4) is 0 Å². The molecule has 0 aliphatic carbocycles. The topological polar surface area (TPSA) is 79.5 Å². The van der Waals surface area contributed by atoms with E-state index in [-0.39, 0.29) is 22.7 Å². The Balaban J connectivity index is 2.70. The molecule has 0 aliphatic heterocycles. The molecule has 0 saturated heterocycles. The van der Waals surface area contributed by atoms with Crippen LogP contribution in [0.5, 0.6) is 0 Å². The molecule has 0 amide bonds. The first kappa shape index (κ1) is 18.2. The van der Waals surface area contributed by atoms with E-state index >= 15 is 0 Å². The number of aliphatic hydroxyl groups is 1. The fourth-order valence-corrected chi connectivity index (χ4v) is 3.62. The summed E-state index contributed by atoms with van der Waals surface area (Å²) in [6, 6.07) is 1.38. The molecule has 6 heteroatoms. The number of hydrogen-bond acceptors (Lipinski definition) is 4. The van der Waals surface area contributed by atoms with Gasteiger partial charge in [-0.1, -0.05) is 40.0 Å². The van der Waals surface area contributed by atoms with Gasteiger partial charge in [-0.15, -0.1) is 0 Å². The third-order valence-electron chi connectivity index (χ3n) is 3.57. The maximum absolute atomic E-state index is 12.3. The SMILES string of the molecule is CCCCCC(C)(C)CNS(=O)(=O)c1cc(CO)oc1C. The van der Waals surface area contributed by atoms with E-state index in [9.17, 15) is 8.42 Å². The number of rotatable bonds is 9. The zero-order valence-corrected chi connectivity index (χ0v) is 14.2. The Morgan fingerprint density at radius 3 is 2.52 bits per heavy atom. The molecule has 0 spiro atoms. The van der Waals surface area contributed by atoms with Gasteiger partial charge in [-0.25, -0.2) is 13.1 Å². The van der Waals surface area contributed by atoms with Gasteiger partial charge in [-0.3, -0.25) is 0 Å². The van der Waals surface area contributed by atoms with Gasteiger partial charge in [-0.05, 0) is 18.8 Å². The molecule has 0 bridgehead atoms. The lowest BCUT2D eigenvalue weighted by atomic mass is 9.87. The zero-order valence-electron chi connectivity index (χ0n) is 13.4. The molecule has 0 unspecified atom stereocenters. The number of nitrogens with one attached hydrogen (secondary N) is 1. The maximum Gasteiger partial charge on any atom is 0.244 e. The van der Waals surface area contributed by atoms with Crippen LogP contribution in [0.25, 0.3) is 0 Å². The van der Waals surface area contributed by atoms with Gasteiger partial charge in [0.05, 0.1) is 0 Å². The second-order valence-corrected chi connectivity index (χ2v) is 7.97. The average molecular weight is 317 g/mol. The van der Waals surface area contributed by atoms with Crippen LogP contribution in [-0.2, 0) is 16.6 Å². The lowest BCUT2D eigenvalue weighted by molar-refractivity contribution is 0.244. The average Bonchev–Trinajstić information content (AvgIpc) is 2.79. The van der Waals surface area contributed by atoms with E-state index in [1.54, 1.807) is 6.92 Å². The summed E-state index contributed by atoms with van der Waals surface area (Å²) >= 11 is 0. The van der Waals surface area contributed by atoms with Crippen molar-refractivity contribution in [3.05, 3.63) is 17.6 Å². The lowest BCUT2D eigenvalue weighted by Crippen LogP contribution is -2.34. The van der Waals surface area contributed by atoms with Crippen LogP contribution in [0, 0.1) is 12.3 Å². The largest absolute Gasteiger partial charge is 0.462 e. The number of sulfonamides is 1. The molecule has 0 radical (unpaired) electrons. The minimum atomic E-state index is -3.60. The van der Waals surface area contributed by atoms with Gasteiger partial charge >= 0.3 is 0 Å². The van der Waals surface area contributed by atoms with E-state index in [0.717, 1.165) is 25.7 Å². The van der Waals surface area contributed by atoms with Crippen molar-refractivity contribution in [3.63, 3.8) is 0 Å². The van der Waals surface area contributed by atoms with Gasteiger partial charge < -0.3 is 9.52 Å². The smallest absolute Gasteiger partial charge is 0.244 e. The molecule has 1 aromatic heterocycles. The van der Waals surface area contributed by atoms with Crippen LogP contribution in [0.2, 0.25) is 0 Å².